The van der Waals surface area contributed by atoms with Gasteiger partial charge in [-0.15, -0.1) is 6.58 Å². The molecule has 0 fully saturated rings. The highest BCUT2D eigenvalue weighted by Gasteiger charge is 2.07. The van der Waals surface area contributed by atoms with E-state index in [-0.39, 0.29) is 5.54 Å². The summed E-state index contributed by atoms with van der Waals surface area (Å²) in [7, 11) is 0. The van der Waals surface area contributed by atoms with Crippen molar-refractivity contribution in [2.24, 2.45) is 0 Å². The summed E-state index contributed by atoms with van der Waals surface area (Å²) in [5.74, 6) is 0. The lowest BCUT2D eigenvalue weighted by atomic mass is 10.1. The standard InChI is InChI=1S/C7H11N/c1-5-7(3,4)8-6-2/h2,5,8H,1H2,3-4H3. The molecule has 0 aliphatic carbocycles. The van der Waals surface area contributed by atoms with Crippen LogP contribution in [-0.4, -0.2) is 5.54 Å². The van der Waals surface area contributed by atoms with Gasteiger partial charge >= 0.3 is 0 Å². The highest BCUT2D eigenvalue weighted by Crippen LogP contribution is 1.99. The lowest BCUT2D eigenvalue weighted by Gasteiger charge is -2.17. The van der Waals surface area contributed by atoms with Gasteiger partial charge in [-0.1, -0.05) is 12.5 Å². The van der Waals surface area contributed by atoms with E-state index in [1.54, 1.807) is 6.08 Å². The maximum Gasteiger partial charge on any atom is 0.0572 e. The molecule has 0 saturated heterocycles. The molecule has 1 nitrogen and oxygen atoms in total. The van der Waals surface area contributed by atoms with Gasteiger partial charge in [-0.25, -0.2) is 0 Å². The van der Waals surface area contributed by atoms with Crippen LogP contribution in [-0.2, 0) is 0 Å². The Morgan fingerprint density at radius 3 is 2.38 bits per heavy atom. The molecule has 44 valence electrons. The molecule has 0 aliphatic heterocycles. The molecule has 0 aromatic heterocycles. The van der Waals surface area contributed by atoms with Crippen LogP contribution in [0.4, 0.5) is 0 Å². The minimum absolute atomic E-state index is 0.130. The van der Waals surface area contributed by atoms with Gasteiger partial charge < -0.3 is 5.32 Å². The summed E-state index contributed by atoms with van der Waals surface area (Å²) < 4.78 is 0. The summed E-state index contributed by atoms with van der Waals surface area (Å²) in [4.78, 5) is 0. The van der Waals surface area contributed by atoms with E-state index in [0.29, 0.717) is 0 Å². The molecule has 1 heteroatoms. The second kappa shape index (κ2) is 2.42. The fourth-order valence-electron chi connectivity index (χ4n) is 0.237. The minimum Gasteiger partial charge on any atom is -0.337 e. The molecular weight excluding hydrogens is 98.1 g/mol. The van der Waals surface area contributed by atoms with Crippen LogP contribution >= 0.6 is 0 Å². The zero-order valence-corrected chi connectivity index (χ0v) is 5.36. The van der Waals surface area contributed by atoms with Gasteiger partial charge in [-0.05, 0) is 13.8 Å². The Bertz CT molecular complexity index is 117. The topological polar surface area (TPSA) is 12.0 Å². The van der Waals surface area contributed by atoms with Gasteiger partial charge in [0.2, 0.25) is 0 Å². The molecule has 0 aliphatic rings. The van der Waals surface area contributed by atoms with Crippen LogP contribution in [0.15, 0.2) is 12.7 Å². The molecule has 0 aromatic rings. The maximum absolute atomic E-state index is 4.98. The third kappa shape index (κ3) is 2.30. The largest absolute Gasteiger partial charge is 0.337 e. The first-order chi connectivity index (χ1) is 3.62. The number of rotatable bonds is 2. The first-order valence-corrected chi connectivity index (χ1v) is 2.49. The van der Waals surface area contributed by atoms with E-state index in [2.05, 4.69) is 17.9 Å². The summed E-state index contributed by atoms with van der Waals surface area (Å²) in [6.45, 7) is 7.51. The molecule has 0 heterocycles. The van der Waals surface area contributed by atoms with Gasteiger partial charge in [-0.2, -0.15) is 0 Å². The number of nitrogens with one attached hydrogen (secondary N) is 1. The van der Waals surface area contributed by atoms with E-state index in [4.69, 9.17) is 6.42 Å². The van der Waals surface area contributed by atoms with Crippen LogP contribution < -0.4 is 5.32 Å². The summed E-state index contributed by atoms with van der Waals surface area (Å²) >= 11 is 0. The van der Waals surface area contributed by atoms with Crippen LogP contribution in [0.25, 0.3) is 0 Å². The molecule has 0 aromatic carbocycles. The molecule has 8 heavy (non-hydrogen) atoms. The Hall–Kier alpha value is -0.900. The SMILES string of the molecule is C#CNC(C)(C)C=C. The monoisotopic (exact) mass is 109 g/mol. The Kier molecular flexibility index (Phi) is 2.15. The van der Waals surface area contributed by atoms with Crippen molar-refractivity contribution in [3.05, 3.63) is 12.7 Å². The van der Waals surface area contributed by atoms with Gasteiger partial charge in [0.1, 0.15) is 0 Å². The second-order valence-corrected chi connectivity index (χ2v) is 2.20. The minimum atomic E-state index is -0.130. The first kappa shape index (κ1) is 7.10. The van der Waals surface area contributed by atoms with E-state index in [9.17, 15) is 0 Å². The van der Waals surface area contributed by atoms with Crippen molar-refractivity contribution in [3.63, 3.8) is 0 Å². The van der Waals surface area contributed by atoms with Crippen molar-refractivity contribution in [2.75, 3.05) is 0 Å². The fraction of sp³-hybridized carbons (Fsp3) is 0.429. The third-order valence-electron chi connectivity index (χ3n) is 0.905. The lowest BCUT2D eigenvalue weighted by molar-refractivity contribution is 0.568. The van der Waals surface area contributed by atoms with Gasteiger partial charge in [0.05, 0.1) is 5.54 Å². The molecule has 1 N–H and O–H groups in total. The quantitative estimate of drug-likeness (QED) is 0.318. The van der Waals surface area contributed by atoms with Crippen molar-refractivity contribution >= 4 is 0 Å². The third-order valence-corrected chi connectivity index (χ3v) is 0.905. The van der Waals surface area contributed by atoms with E-state index in [1.165, 1.54) is 0 Å². The van der Waals surface area contributed by atoms with Crippen LogP contribution in [0.5, 0.6) is 0 Å². The van der Waals surface area contributed by atoms with Gasteiger partial charge in [0.25, 0.3) is 0 Å². The summed E-state index contributed by atoms with van der Waals surface area (Å²) in [5, 5.41) is 2.78. The van der Waals surface area contributed by atoms with Gasteiger partial charge in [-0.3, -0.25) is 0 Å². The predicted molar refractivity (Wildman–Crippen MR) is 36.2 cm³/mol. The number of hydrogen-bond acceptors (Lipinski definition) is 1. The van der Waals surface area contributed by atoms with E-state index >= 15 is 0 Å². The summed E-state index contributed by atoms with van der Waals surface area (Å²) in [5.41, 5.74) is -0.130. The van der Waals surface area contributed by atoms with Crippen LogP contribution in [0, 0.1) is 12.5 Å². The van der Waals surface area contributed by atoms with E-state index in [1.807, 2.05) is 13.8 Å². The van der Waals surface area contributed by atoms with Crippen molar-refractivity contribution < 1.29 is 0 Å². The Morgan fingerprint density at radius 2 is 2.25 bits per heavy atom. The van der Waals surface area contributed by atoms with E-state index in [0.717, 1.165) is 0 Å². The summed E-state index contributed by atoms with van der Waals surface area (Å²) in [6, 6.07) is 2.34. The molecule has 0 bridgehead atoms. The predicted octanol–water partition coefficient (Wildman–Crippen LogP) is 1.13. The zero-order chi connectivity index (χ0) is 6.62. The Balaban J connectivity index is 3.76. The van der Waals surface area contributed by atoms with Crippen LogP contribution in [0.3, 0.4) is 0 Å². The van der Waals surface area contributed by atoms with Crippen molar-refractivity contribution in [1.29, 1.82) is 0 Å². The molecule has 0 rings (SSSR count). The van der Waals surface area contributed by atoms with Crippen LogP contribution in [0.1, 0.15) is 13.8 Å². The van der Waals surface area contributed by atoms with Gasteiger partial charge in [0.15, 0.2) is 0 Å². The van der Waals surface area contributed by atoms with Gasteiger partial charge in [0, 0.05) is 6.04 Å². The van der Waals surface area contributed by atoms with Crippen molar-refractivity contribution in [1.82, 2.24) is 5.32 Å². The average Bonchev–Trinajstić information content (AvgIpc) is 1.67. The smallest absolute Gasteiger partial charge is 0.0572 e. The highest BCUT2D eigenvalue weighted by atomic mass is 14.9. The zero-order valence-electron chi connectivity index (χ0n) is 5.36. The van der Waals surface area contributed by atoms with Crippen molar-refractivity contribution in [2.45, 2.75) is 19.4 Å². The Morgan fingerprint density at radius 1 is 1.75 bits per heavy atom. The summed E-state index contributed by atoms with van der Waals surface area (Å²) in [6.07, 6.45) is 6.75. The normalized spacial score (nSPS) is 9.62. The molecule has 0 atom stereocenters. The first-order valence-electron chi connectivity index (χ1n) is 2.49. The number of hydrogen-bond donors (Lipinski definition) is 1. The molecule has 0 radical (unpaired) electrons. The molecule has 0 saturated carbocycles. The Labute approximate surface area is 50.8 Å². The maximum atomic E-state index is 4.98. The van der Waals surface area contributed by atoms with Crippen molar-refractivity contribution in [3.8, 4) is 12.5 Å². The van der Waals surface area contributed by atoms with Crippen LogP contribution in [0.2, 0.25) is 0 Å². The number of terminal acetylenes is 1. The molecule has 0 amide bonds. The highest BCUT2D eigenvalue weighted by molar-refractivity contribution is 5.01. The van der Waals surface area contributed by atoms with E-state index < -0.39 is 0 Å². The fourth-order valence-corrected chi connectivity index (χ4v) is 0.237. The lowest BCUT2D eigenvalue weighted by Crippen LogP contribution is -2.32. The second-order valence-electron chi connectivity index (χ2n) is 2.20. The molecule has 0 spiro atoms. The molecular formula is C7H11N. The molecule has 0 unspecified atom stereocenters. The average molecular weight is 109 g/mol.